The Morgan fingerprint density at radius 2 is 1.89 bits per heavy atom. The van der Waals surface area contributed by atoms with Gasteiger partial charge in [0.15, 0.2) is 0 Å². The zero-order valence-corrected chi connectivity index (χ0v) is 11.7. The number of carbonyl (C=O) groups excluding carboxylic acids is 1. The van der Waals surface area contributed by atoms with Crippen LogP contribution in [0.5, 0.6) is 0 Å². The normalized spacial score (nSPS) is 18.2. The number of benzene rings is 1. The molecule has 1 amide bonds. The molecule has 1 aromatic carbocycles. The van der Waals surface area contributed by atoms with Gasteiger partial charge in [0.25, 0.3) is 0 Å². The van der Waals surface area contributed by atoms with E-state index in [-0.39, 0.29) is 5.91 Å². The maximum atomic E-state index is 11.0. The van der Waals surface area contributed by atoms with Gasteiger partial charge >= 0.3 is 0 Å². The lowest BCUT2D eigenvalue weighted by atomic mass is 9.84. The van der Waals surface area contributed by atoms with Crippen LogP contribution in [0.15, 0.2) is 24.3 Å². The van der Waals surface area contributed by atoms with Gasteiger partial charge in [0.1, 0.15) is 0 Å². The smallest absolute Gasteiger partial charge is 0.248 e. The fourth-order valence-electron chi connectivity index (χ4n) is 2.87. The highest BCUT2D eigenvalue weighted by Crippen LogP contribution is 2.26. The summed E-state index contributed by atoms with van der Waals surface area (Å²) >= 11 is 0. The molecule has 1 aromatic rings. The van der Waals surface area contributed by atoms with Gasteiger partial charge in [-0.25, -0.2) is 0 Å². The van der Waals surface area contributed by atoms with Gasteiger partial charge in [-0.2, -0.15) is 0 Å². The zero-order chi connectivity index (χ0) is 13.7. The third-order valence-corrected chi connectivity index (χ3v) is 4.22. The summed E-state index contributed by atoms with van der Waals surface area (Å²) in [5.74, 6) is 0.453. The van der Waals surface area contributed by atoms with E-state index < -0.39 is 0 Å². The fraction of sp³-hybridized carbons (Fsp3) is 0.562. The number of amides is 1. The number of nitrogens with two attached hydrogens (primary N) is 1. The maximum absolute atomic E-state index is 11.0. The van der Waals surface area contributed by atoms with Crippen molar-refractivity contribution < 1.29 is 4.79 Å². The first-order valence-electron chi connectivity index (χ1n) is 7.29. The number of nitrogens with one attached hydrogen (secondary N) is 1. The molecule has 3 N–H and O–H groups in total. The van der Waals surface area contributed by atoms with E-state index in [0.29, 0.717) is 11.6 Å². The third kappa shape index (κ3) is 4.06. The molecule has 1 unspecified atom stereocenters. The average molecular weight is 260 g/mol. The Bertz CT molecular complexity index is 407. The van der Waals surface area contributed by atoms with Crippen molar-refractivity contribution in [1.82, 2.24) is 5.32 Å². The molecule has 104 valence electrons. The van der Waals surface area contributed by atoms with Gasteiger partial charge in [-0.1, -0.05) is 31.4 Å². The van der Waals surface area contributed by atoms with Crippen molar-refractivity contribution in [2.45, 2.75) is 51.6 Å². The largest absolute Gasteiger partial charge is 0.366 e. The highest BCUT2D eigenvalue weighted by Gasteiger charge is 2.19. The number of hydrogen-bond acceptors (Lipinski definition) is 2. The summed E-state index contributed by atoms with van der Waals surface area (Å²) in [6.45, 7) is 3.14. The lowest BCUT2D eigenvalue weighted by Gasteiger charge is -2.28. The van der Waals surface area contributed by atoms with Crippen LogP contribution in [0.3, 0.4) is 0 Å². The second-order valence-corrected chi connectivity index (χ2v) is 5.63. The Kier molecular flexibility index (Phi) is 4.97. The molecule has 3 nitrogen and oxygen atoms in total. The fourth-order valence-corrected chi connectivity index (χ4v) is 2.87. The van der Waals surface area contributed by atoms with Crippen LogP contribution in [0.4, 0.5) is 0 Å². The van der Waals surface area contributed by atoms with Crippen molar-refractivity contribution in [3.05, 3.63) is 35.4 Å². The van der Waals surface area contributed by atoms with Crippen molar-refractivity contribution in [2.75, 3.05) is 0 Å². The molecule has 1 atom stereocenters. The van der Waals surface area contributed by atoms with E-state index in [4.69, 9.17) is 5.73 Å². The monoisotopic (exact) mass is 260 g/mol. The van der Waals surface area contributed by atoms with E-state index in [0.717, 1.165) is 12.5 Å². The predicted octanol–water partition coefficient (Wildman–Crippen LogP) is 2.84. The standard InChI is InChI=1S/C16H24N2O/c1-12(14-5-3-2-4-6-14)18-11-13-7-9-15(10-8-13)16(17)19/h7-10,12,14,18H,2-6,11H2,1H3,(H2,17,19). The molecule has 0 radical (unpaired) electrons. The summed E-state index contributed by atoms with van der Waals surface area (Å²) in [7, 11) is 0. The van der Waals surface area contributed by atoms with Gasteiger partial charge in [0, 0.05) is 18.2 Å². The lowest BCUT2D eigenvalue weighted by Crippen LogP contribution is -2.34. The predicted molar refractivity (Wildman–Crippen MR) is 77.8 cm³/mol. The molecule has 0 aromatic heterocycles. The summed E-state index contributed by atoms with van der Waals surface area (Å²) in [6, 6.07) is 8.10. The van der Waals surface area contributed by atoms with Crippen LogP contribution < -0.4 is 11.1 Å². The van der Waals surface area contributed by atoms with E-state index in [2.05, 4.69) is 12.2 Å². The number of hydrogen-bond donors (Lipinski definition) is 2. The molecule has 1 aliphatic rings. The molecule has 0 saturated heterocycles. The summed E-state index contributed by atoms with van der Waals surface area (Å²) in [5.41, 5.74) is 7.00. The minimum atomic E-state index is -0.366. The van der Waals surface area contributed by atoms with Crippen LogP contribution >= 0.6 is 0 Å². The van der Waals surface area contributed by atoms with Gasteiger partial charge < -0.3 is 11.1 Å². The van der Waals surface area contributed by atoms with E-state index in [9.17, 15) is 4.79 Å². The van der Waals surface area contributed by atoms with Crippen molar-refractivity contribution in [2.24, 2.45) is 11.7 Å². The molecule has 1 saturated carbocycles. The van der Waals surface area contributed by atoms with E-state index in [1.54, 1.807) is 12.1 Å². The van der Waals surface area contributed by atoms with Gasteiger partial charge in [0.05, 0.1) is 0 Å². The molecule has 0 bridgehead atoms. The summed E-state index contributed by atoms with van der Waals surface area (Å²) in [6.07, 6.45) is 6.87. The van der Waals surface area contributed by atoms with Gasteiger partial charge in [0.2, 0.25) is 5.91 Å². The first-order valence-corrected chi connectivity index (χ1v) is 7.29. The van der Waals surface area contributed by atoms with Crippen molar-refractivity contribution in [3.63, 3.8) is 0 Å². The first-order chi connectivity index (χ1) is 9.16. The minimum absolute atomic E-state index is 0.366. The Labute approximate surface area is 115 Å². The molecule has 1 fully saturated rings. The number of primary amides is 1. The SMILES string of the molecule is CC(NCc1ccc(C(N)=O)cc1)C1CCCCC1. The van der Waals surface area contributed by atoms with Crippen LogP contribution in [0.1, 0.15) is 54.9 Å². The Morgan fingerprint density at radius 3 is 2.47 bits per heavy atom. The molecule has 2 rings (SSSR count). The quantitative estimate of drug-likeness (QED) is 0.855. The van der Waals surface area contributed by atoms with Crippen molar-refractivity contribution in [1.29, 1.82) is 0 Å². The highest BCUT2D eigenvalue weighted by atomic mass is 16.1. The maximum Gasteiger partial charge on any atom is 0.248 e. The van der Waals surface area contributed by atoms with Gasteiger partial charge in [-0.15, -0.1) is 0 Å². The van der Waals surface area contributed by atoms with Crippen LogP contribution in [-0.2, 0) is 6.54 Å². The number of carbonyl (C=O) groups is 1. The van der Waals surface area contributed by atoms with E-state index in [1.165, 1.54) is 37.7 Å². The van der Waals surface area contributed by atoms with E-state index >= 15 is 0 Å². The highest BCUT2D eigenvalue weighted by molar-refractivity contribution is 5.92. The van der Waals surface area contributed by atoms with Crippen LogP contribution in [0.25, 0.3) is 0 Å². The summed E-state index contributed by atoms with van der Waals surface area (Å²) in [5, 5.41) is 3.60. The first kappa shape index (κ1) is 14.1. The summed E-state index contributed by atoms with van der Waals surface area (Å²) < 4.78 is 0. The average Bonchev–Trinajstić information content (AvgIpc) is 2.46. The van der Waals surface area contributed by atoms with Crippen LogP contribution in [0, 0.1) is 5.92 Å². The Morgan fingerprint density at radius 1 is 1.26 bits per heavy atom. The van der Waals surface area contributed by atoms with E-state index in [1.807, 2.05) is 12.1 Å². The molecular formula is C16H24N2O. The minimum Gasteiger partial charge on any atom is -0.366 e. The molecular weight excluding hydrogens is 236 g/mol. The Balaban J connectivity index is 1.82. The van der Waals surface area contributed by atoms with Gasteiger partial charge in [-0.3, -0.25) is 4.79 Å². The molecule has 0 spiro atoms. The van der Waals surface area contributed by atoms with Gasteiger partial charge in [-0.05, 0) is 43.4 Å². The number of rotatable bonds is 5. The second kappa shape index (κ2) is 6.71. The Hall–Kier alpha value is -1.35. The van der Waals surface area contributed by atoms with Crippen LogP contribution in [0.2, 0.25) is 0 Å². The molecule has 1 aliphatic carbocycles. The zero-order valence-electron chi connectivity index (χ0n) is 11.7. The van der Waals surface area contributed by atoms with Crippen molar-refractivity contribution >= 4 is 5.91 Å². The topological polar surface area (TPSA) is 55.1 Å². The molecule has 19 heavy (non-hydrogen) atoms. The second-order valence-electron chi connectivity index (χ2n) is 5.63. The summed E-state index contributed by atoms with van der Waals surface area (Å²) in [4.78, 5) is 11.0. The lowest BCUT2D eigenvalue weighted by molar-refractivity contribution is 0.100. The molecule has 0 heterocycles. The third-order valence-electron chi connectivity index (χ3n) is 4.22. The van der Waals surface area contributed by atoms with Crippen LogP contribution in [-0.4, -0.2) is 11.9 Å². The van der Waals surface area contributed by atoms with Crippen molar-refractivity contribution in [3.8, 4) is 0 Å². The molecule has 3 heteroatoms. The molecule has 0 aliphatic heterocycles.